The van der Waals surface area contributed by atoms with Crippen LogP contribution in [0.1, 0.15) is 34.5 Å². The minimum atomic E-state index is -2.66. The molecule has 4 aromatic rings. The van der Waals surface area contributed by atoms with Gasteiger partial charge in [-0.05, 0) is 48.2 Å². The number of carbonyl (C=O) groups excluding carboxylic acids is 1. The number of nitrogens with zero attached hydrogens (tertiary/aromatic N) is 4. The van der Waals surface area contributed by atoms with Crippen molar-refractivity contribution in [1.29, 1.82) is 0 Å². The summed E-state index contributed by atoms with van der Waals surface area (Å²) in [4.78, 5) is 18.7. The lowest BCUT2D eigenvalue weighted by Crippen LogP contribution is -2.27. The van der Waals surface area contributed by atoms with Crippen LogP contribution in [0.25, 0.3) is 22.1 Å². The monoisotopic (exact) mass is 437 g/mol. The maximum absolute atomic E-state index is 14.1. The molecule has 1 amide bonds. The van der Waals surface area contributed by atoms with E-state index in [0.717, 1.165) is 23.8 Å². The van der Waals surface area contributed by atoms with Gasteiger partial charge in [-0.25, -0.2) is 13.8 Å². The molecule has 0 spiro atoms. The summed E-state index contributed by atoms with van der Waals surface area (Å²) in [6, 6.07) is 6.77. The van der Waals surface area contributed by atoms with Gasteiger partial charge < -0.3 is 14.6 Å². The number of aromatic nitrogens is 3. The van der Waals surface area contributed by atoms with Crippen LogP contribution < -0.4 is 10.2 Å². The van der Waals surface area contributed by atoms with Gasteiger partial charge in [0.15, 0.2) is 11.4 Å². The number of benzene rings is 1. The Labute approximate surface area is 182 Å². The minimum Gasteiger partial charge on any atom is -0.460 e. The first-order valence-electron chi connectivity index (χ1n) is 10.3. The van der Waals surface area contributed by atoms with Crippen LogP contribution in [0, 0.1) is 0 Å². The number of amides is 1. The highest BCUT2D eigenvalue weighted by atomic mass is 19.3. The van der Waals surface area contributed by atoms with Crippen molar-refractivity contribution in [3.63, 3.8) is 0 Å². The molecule has 4 heterocycles. The molecule has 0 fully saturated rings. The molecule has 32 heavy (non-hydrogen) atoms. The Morgan fingerprint density at radius 3 is 2.84 bits per heavy atom. The van der Waals surface area contributed by atoms with Crippen molar-refractivity contribution in [2.45, 2.75) is 19.3 Å². The van der Waals surface area contributed by atoms with E-state index in [1.807, 2.05) is 11.0 Å². The van der Waals surface area contributed by atoms with Crippen LogP contribution in [0.5, 0.6) is 0 Å². The summed E-state index contributed by atoms with van der Waals surface area (Å²) in [5.41, 5.74) is 3.40. The van der Waals surface area contributed by atoms with Gasteiger partial charge in [-0.15, -0.1) is 0 Å². The van der Waals surface area contributed by atoms with Crippen LogP contribution in [0.2, 0.25) is 0 Å². The van der Waals surface area contributed by atoms with Crippen molar-refractivity contribution in [3.05, 3.63) is 59.7 Å². The van der Waals surface area contributed by atoms with E-state index >= 15 is 0 Å². The van der Waals surface area contributed by atoms with Gasteiger partial charge in [0.2, 0.25) is 0 Å². The smallest absolute Gasteiger partial charge is 0.269 e. The van der Waals surface area contributed by atoms with E-state index in [9.17, 15) is 13.6 Å². The highest BCUT2D eigenvalue weighted by molar-refractivity contribution is 5.99. The molecule has 1 aromatic carbocycles. The van der Waals surface area contributed by atoms with Crippen molar-refractivity contribution in [1.82, 2.24) is 20.1 Å². The third kappa shape index (κ3) is 3.30. The lowest BCUT2D eigenvalue weighted by atomic mass is 9.93. The minimum absolute atomic E-state index is 0.0678. The summed E-state index contributed by atoms with van der Waals surface area (Å²) in [6.07, 6.45) is 3.75. The summed E-state index contributed by atoms with van der Waals surface area (Å²) in [5, 5.41) is 7.44. The summed E-state index contributed by atoms with van der Waals surface area (Å²) >= 11 is 0. The van der Waals surface area contributed by atoms with Crippen LogP contribution in [-0.4, -0.2) is 34.3 Å². The Morgan fingerprint density at radius 1 is 1.28 bits per heavy atom. The number of nitrogens with one attached hydrogen (secondary N) is 1. The second-order valence-electron chi connectivity index (χ2n) is 7.78. The Hall–Kier alpha value is -3.75. The highest BCUT2D eigenvalue weighted by Gasteiger charge is 2.27. The molecular formula is C23H21F2N5O2. The number of hydrogen-bond donors (Lipinski definition) is 1. The van der Waals surface area contributed by atoms with Crippen LogP contribution in [-0.2, 0) is 13.5 Å². The summed E-state index contributed by atoms with van der Waals surface area (Å²) in [7, 11) is 3.29. The average Bonchev–Trinajstić information content (AvgIpc) is 3.45. The number of carbonyl (C=O) groups is 1. The molecule has 0 saturated heterocycles. The molecule has 5 rings (SSSR count). The molecule has 0 atom stereocenters. The van der Waals surface area contributed by atoms with Gasteiger partial charge in [0.25, 0.3) is 12.3 Å². The Morgan fingerprint density at radius 2 is 2.12 bits per heavy atom. The number of furan rings is 1. The number of fused-ring (bicyclic) bond motifs is 2. The molecule has 164 valence electrons. The molecule has 0 unspecified atom stereocenters. The lowest BCUT2D eigenvalue weighted by Gasteiger charge is -2.32. The number of hydrogen-bond acceptors (Lipinski definition) is 5. The third-order valence-electron chi connectivity index (χ3n) is 5.75. The second kappa shape index (κ2) is 7.74. The molecular weight excluding hydrogens is 416 g/mol. The van der Waals surface area contributed by atoms with Crippen molar-refractivity contribution in [2.75, 3.05) is 18.5 Å². The van der Waals surface area contributed by atoms with Crippen LogP contribution >= 0.6 is 0 Å². The van der Waals surface area contributed by atoms with Gasteiger partial charge in [0.05, 0.1) is 12.5 Å². The van der Waals surface area contributed by atoms with Crippen molar-refractivity contribution < 1.29 is 18.0 Å². The predicted octanol–water partition coefficient (Wildman–Crippen LogP) is 4.61. The van der Waals surface area contributed by atoms with E-state index in [2.05, 4.69) is 15.4 Å². The fourth-order valence-corrected chi connectivity index (χ4v) is 4.25. The molecule has 1 aliphatic heterocycles. The molecule has 0 bridgehead atoms. The van der Waals surface area contributed by atoms with Gasteiger partial charge in [-0.3, -0.25) is 9.48 Å². The molecule has 1 N–H and O–H groups in total. The van der Waals surface area contributed by atoms with Gasteiger partial charge in [0.1, 0.15) is 5.69 Å². The Kier molecular flexibility index (Phi) is 4.88. The number of alkyl halides is 2. The molecule has 3 aromatic heterocycles. The summed E-state index contributed by atoms with van der Waals surface area (Å²) in [6.45, 7) is 0.571. The van der Waals surface area contributed by atoms with Crippen LogP contribution in [0.4, 0.5) is 20.3 Å². The number of pyridine rings is 1. The van der Waals surface area contributed by atoms with Gasteiger partial charge in [-0.2, -0.15) is 5.10 Å². The van der Waals surface area contributed by atoms with Crippen molar-refractivity contribution in [3.8, 4) is 11.1 Å². The van der Waals surface area contributed by atoms with Gasteiger partial charge in [0, 0.05) is 49.0 Å². The molecule has 0 radical (unpaired) electrons. The maximum atomic E-state index is 14.1. The van der Waals surface area contributed by atoms with E-state index in [0.29, 0.717) is 34.8 Å². The van der Waals surface area contributed by atoms with Crippen molar-refractivity contribution >= 4 is 28.4 Å². The van der Waals surface area contributed by atoms with E-state index in [-0.39, 0.29) is 17.2 Å². The fourth-order valence-electron chi connectivity index (χ4n) is 4.25. The van der Waals surface area contributed by atoms with E-state index < -0.39 is 6.43 Å². The first-order valence-corrected chi connectivity index (χ1v) is 10.3. The van der Waals surface area contributed by atoms with Gasteiger partial charge >= 0.3 is 0 Å². The van der Waals surface area contributed by atoms with Crippen molar-refractivity contribution in [2.24, 2.45) is 7.05 Å². The standard InChI is InChI=1S/C23H21F2N5O2/c1-26-23(31)18-9-14-5-7-32-20(14)22(28-18)30-6-3-4-13-8-16(15-11-27-29(2)12-15)17(21(24)25)10-19(13)30/h5,7-12,21H,3-4,6H2,1-2H3,(H,26,31). The van der Waals surface area contributed by atoms with Crippen LogP contribution in [0.15, 0.2) is 47.3 Å². The number of anilines is 2. The van der Waals surface area contributed by atoms with E-state index in [1.54, 1.807) is 36.3 Å². The molecule has 7 nitrogen and oxygen atoms in total. The second-order valence-corrected chi connectivity index (χ2v) is 7.78. The average molecular weight is 437 g/mol. The zero-order valence-corrected chi connectivity index (χ0v) is 17.6. The molecule has 0 aliphatic carbocycles. The van der Waals surface area contributed by atoms with Crippen LogP contribution in [0.3, 0.4) is 0 Å². The lowest BCUT2D eigenvalue weighted by molar-refractivity contribution is 0.0958. The summed E-state index contributed by atoms with van der Waals surface area (Å²) in [5.74, 6) is 0.119. The first-order chi connectivity index (χ1) is 15.5. The Bertz CT molecular complexity index is 1330. The van der Waals surface area contributed by atoms with Gasteiger partial charge in [-0.1, -0.05) is 0 Å². The SMILES string of the molecule is CNC(=O)c1cc2ccoc2c(N2CCCc3cc(-c4cnn(C)c4)c(C(F)F)cc32)n1. The third-order valence-corrected chi connectivity index (χ3v) is 5.75. The quantitative estimate of drug-likeness (QED) is 0.505. The highest BCUT2D eigenvalue weighted by Crippen LogP contribution is 2.42. The first kappa shape index (κ1) is 20.2. The largest absolute Gasteiger partial charge is 0.460 e. The molecule has 0 saturated carbocycles. The summed E-state index contributed by atoms with van der Waals surface area (Å²) < 4.78 is 35.5. The topological polar surface area (TPSA) is 76.2 Å². The zero-order chi connectivity index (χ0) is 22.4. The number of aryl methyl sites for hydroxylation is 2. The van der Waals surface area contributed by atoms with E-state index in [4.69, 9.17) is 4.42 Å². The van der Waals surface area contributed by atoms with E-state index in [1.165, 1.54) is 19.4 Å². The molecule has 1 aliphatic rings. The normalized spacial score (nSPS) is 13.6. The number of rotatable bonds is 4. The zero-order valence-electron chi connectivity index (χ0n) is 17.6. The maximum Gasteiger partial charge on any atom is 0.269 e. The predicted molar refractivity (Wildman–Crippen MR) is 116 cm³/mol. The molecule has 9 heteroatoms. The number of halogens is 2. The Balaban J connectivity index is 1.70. The fraction of sp³-hybridized carbons (Fsp3) is 0.261.